The second kappa shape index (κ2) is 5.19. The third kappa shape index (κ3) is 2.42. The number of nitrogens with one attached hydrogen (secondary N) is 1. The van der Waals surface area contributed by atoms with Gasteiger partial charge in [-0.05, 0) is 30.3 Å². The fourth-order valence-corrected chi connectivity index (χ4v) is 2.89. The summed E-state index contributed by atoms with van der Waals surface area (Å²) in [5, 5.41) is 11.4. The van der Waals surface area contributed by atoms with Gasteiger partial charge in [0.25, 0.3) is 0 Å². The molecule has 22 heavy (non-hydrogen) atoms. The van der Waals surface area contributed by atoms with Gasteiger partial charge in [-0.2, -0.15) is 0 Å². The molecule has 0 aliphatic heterocycles. The number of thiazole rings is 1. The Morgan fingerprint density at radius 2 is 1.91 bits per heavy atom. The molecule has 2 heterocycles. The van der Waals surface area contributed by atoms with Crippen molar-refractivity contribution in [3.8, 4) is 11.5 Å². The van der Waals surface area contributed by atoms with Gasteiger partial charge in [0.05, 0.1) is 10.2 Å². The summed E-state index contributed by atoms with van der Waals surface area (Å²) < 4.78 is 19.5. The summed E-state index contributed by atoms with van der Waals surface area (Å²) in [5.74, 6) is 0.141. The van der Waals surface area contributed by atoms with Crippen molar-refractivity contribution in [1.82, 2.24) is 15.2 Å². The maximum absolute atomic E-state index is 13.2. The molecule has 108 valence electrons. The Kier molecular flexibility index (Phi) is 3.05. The molecule has 0 saturated heterocycles. The largest absolute Gasteiger partial charge is 0.403 e. The number of benzene rings is 2. The van der Waals surface area contributed by atoms with Crippen LogP contribution >= 0.6 is 11.3 Å². The van der Waals surface area contributed by atoms with Crippen molar-refractivity contribution < 1.29 is 8.81 Å². The van der Waals surface area contributed by atoms with Crippen LogP contribution in [0.1, 0.15) is 0 Å². The molecule has 0 saturated carbocycles. The van der Waals surface area contributed by atoms with E-state index in [1.165, 1.54) is 23.5 Å². The molecule has 7 heteroatoms. The van der Waals surface area contributed by atoms with E-state index in [1.54, 1.807) is 6.07 Å². The number of halogens is 1. The first kappa shape index (κ1) is 12.9. The van der Waals surface area contributed by atoms with Crippen molar-refractivity contribution in [1.29, 1.82) is 0 Å². The van der Waals surface area contributed by atoms with Gasteiger partial charge in [-0.1, -0.05) is 34.6 Å². The lowest BCUT2D eigenvalue weighted by Gasteiger charge is -1.94. The number of aromatic nitrogens is 3. The summed E-state index contributed by atoms with van der Waals surface area (Å²) >= 11 is 1.32. The molecule has 0 aliphatic rings. The molecule has 5 nitrogen and oxygen atoms in total. The Labute approximate surface area is 128 Å². The Morgan fingerprint density at radius 3 is 2.77 bits per heavy atom. The second-order valence-electron chi connectivity index (χ2n) is 4.53. The van der Waals surface area contributed by atoms with E-state index in [0.717, 1.165) is 15.8 Å². The van der Waals surface area contributed by atoms with E-state index in [0.29, 0.717) is 11.0 Å². The van der Waals surface area contributed by atoms with E-state index in [4.69, 9.17) is 4.42 Å². The minimum Gasteiger partial charge on any atom is -0.403 e. The molecule has 0 bridgehead atoms. The highest BCUT2D eigenvalue weighted by Crippen LogP contribution is 2.29. The smallest absolute Gasteiger partial charge is 0.322 e. The predicted octanol–water partition coefficient (Wildman–Crippen LogP) is 4.23. The van der Waals surface area contributed by atoms with Gasteiger partial charge in [-0.25, -0.2) is 9.37 Å². The average Bonchev–Trinajstić information content (AvgIpc) is 3.14. The van der Waals surface area contributed by atoms with Crippen molar-refractivity contribution in [3.63, 3.8) is 0 Å². The number of nitrogens with zero attached hydrogens (tertiary/aromatic N) is 3. The lowest BCUT2D eigenvalue weighted by atomic mass is 10.2. The van der Waals surface area contributed by atoms with Gasteiger partial charge in [0.2, 0.25) is 5.89 Å². The Bertz CT molecular complexity index is 935. The van der Waals surface area contributed by atoms with E-state index in [9.17, 15) is 4.39 Å². The highest BCUT2D eigenvalue weighted by atomic mass is 32.1. The number of rotatable bonds is 3. The first-order valence-corrected chi connectivity index (χ1v) is 7.32. The van der Waals surface area contributed by atoms with Gasteiger partial charge < -0.3 is 4.42 Å². The highest BCUT2D eigenvalue weighted by molar-refractivity contribution is 7.22. The fourth-order valence-electron chi connectivity index (χ4n) is 2.01. The summed E-state index contributed by atoms with van der Waals surface area (Å²) in [4.78, 5) is 4.34. The van der Waals surface area contributed by atoms with E-state index >= 15 is 0 Å². The van der Waals surface area contributed by atoms with Crippen molar-refractivity contribution in [2.24, 2.45) is 0 Å². The molecule has 0 atom stereocenters. The lowest BCUT2D eigenvalue weighted by Crippen LogP contribution is -1.88. The van der Waals surface area contributed by atoms with E-state index < -0.39 is 0 Å². The summed E-state index contributed by atoms with van der Waals surface area (Å²) in [6, 6.07) is 14.2. The standard InChI is InChI=1S/C15H9FN4OS/c16-10-6-7-11-12(8-10)22-15(17-11)18-14-20-19-13(21-14)9-4-2-1-3-5-9/h1-8H,(H,17,18,20). The molecular formula is C15H9FN4OS. The molecule has 0 aliphatic carbocycles. The zero-order valence-electron chi connectivity index (χ0n) is 11.2. The quantitative estimate of drug-likeness (QED) is 0.613. The summed E-state index contributed by atoms with van der Waals surface area (Å²) in [7, 11) is 0. The van der Waals surface area contributed by atoms with Crippen LogP contribution < -0.4 is 5.32 Å². The van der Waals surface area contributed by atoms with Gasteiger partial charge in [0.1, 0.15) is 5.82 Å². The number of hydrogen-bond acceptors (Lipinski definition) is 6. The van der Waals surface area contributed by atoms with Crippen LogP contribution in [-0.4, -0.2) is 15.2 Å². The van der Waals surface area contributed by atoms with Crippen molar-refractivity contribution in [2.75, 3.05) is 5.32 Å². The topological polar surface area (TPSA) is 63.8 Å². The molecule has 0 unspecified atom stereocenters. The van der Waals surface area contributed by atoms with Crippen LogP contribution in [0, 0.1) is 5.82 Å². The second-order valence-corrected chi connectivity index (χ2v) is 5.57. The maximum atomic E-state index is 13.2. The Morgan fingerprint density at radius 1 is 1.05 bits per heavy atom. The first-order valence-electron chi connectivity index (χ1n) is 6.50. The van der Waals surface area contributed by atoms with Crippen molar-refractivity contribution >= 4 is 32.7 Å². The summed E-state index contributed by atoms with van der Waals surface area (Å²) in [6.45, 7) is 0. The molecule has 4 aromatic rings. The van der Waals surface area contributed by atoms with Crippen LogP contribution in [0.3, 0.4) is 0 Å². The zero-order valence-corrected chi connectivity index (χ0v) is 12.0. The van der Waals surface area contributed by atoms with Gasteiger partial charge in [0.15, 0.2) is 5.13 Å². The maximum Gasteiger partial charge on any atom is 0.322 e. The van der Waals surface area contributed by atoms with E-state index in [1.807, 2.05) is 30.3 Å². The molecule has 0 radical (unpaired) electrons. The molecule has 0 amide bonds. The molecule has 0 spiro atoms. The van der Waals surface area contributed by atoms with Crippen molar-refractivity contribution in [2.45, 2.75) is 0 Å². The normalized spacial score (nSPS) is 11.0. The average molecular weight is 312 g/mol. The van der Waals surface area contributed by atoms with Crippen LogP contribution in [0.15, 0.2) is 52.9 Å². The van der Waals surface area contributed by atoms with Crippen LogP contribution in [0.25, 0.3) is 21.7 Å². The van der Waals surface area contributed by atoms with Crippen molar-refractivity contribution in [3.05, 3.63) is 54.3 Å². The van der Waals surface area contributed by atoms with Gasteiger partial charge in [0, 0.05) is 5.56 Å². The lowest BCUT2D eigenvalue weighted by molar-refractivity contribution is 0.587. The number of hydrogen-bond donors (Lipinski definition) is 1. The predicted molar refractivity (Wildman–Crippen MR) is 82.6 cm³/mol. The van der Waals surface area contributed by atoms with E-state index in [2.05, 4.69) is 20.5 Å². The van der Waals surface area contributed by atoms with Gasteiger partial charge >= 0.3 is 6.01 Å². The minimum absolute atomic E-state index is 0.249. The number of fused-ring (bicyclic) bond motifs is 1. The van der Waals surface area contributed by atoms with Gasteiger partial charge in [-0.15, -0.1) is 5.10 Å². The molecular weight excluding hydrogens is 303 g/mol. The zero-order chi connectivity index (χ0) is 14.9. The van der Waals surface area contributed by atoms with Crippen LogP contribution in [0.5, 0.6) is 0 Å². The summed E-state index contributed by atoms with van der Waals surface area (Å²) in [6.07, 6.45) is 0. The third-order valence-corrected chi connectivity index (χ3v) is 3.94. The minimum atomic E-state index is -0.285. The molecule has 1 N–H and O–H groups in total. The monoisotopic (exact) mass is 312 g/mol. The van der Waals surface area contributed by atoms with E-state index in [-0.39, 0.29) is 11.8 Å². The Balaban J connectivity index is 1.61. The highest BCUT2D eigenvalue weighted by Gasteiger charge is 2.11. The first-order chi connectivity index (χ1) is 10.8. The molecule has 2 aromatic carbocycles. The third-order valence-electron chi connectivity index (χ3n) is 3.01. The van der Waals surface area contributed by atoms with Crippen LogP contribution in [-0.2, 0) is 0 Å². The molecule has 0 fully saturated rings. The van der Waals surface area contributed by atoms with Crippen LogP contribution in [0.2, 0.25) is 0 Å². The SMILES string of the molecule is Fc1ccc2nc(Nc3nnc(-c4ccccc4)o3)sc2c1. The van der Waals surface area contributed by atoms with Gasteiger partial charge in [-0.3, -0.25) is 5.32 Å². The van der Waals surface area contributed by atoms with Crippen LogP contribution in [0.4, 0.5) is 15.5 Å². The number of anilines is 2. The summed E-state index contributed by atoms with van der Waals surface area (Å²) in [5.41, 5.74) is 1.56. The fraction of sp³-hybridized carbons (Fsp3) is 0. The molecule has 2 aromatic heterocycles. The Hall–Kier alpha value is -2.80. The molecule has 4 rings (SSSR count).